The Morgan fingerprint density at radius 2 is 2.31 bits per heavy atom. The molecule has 6 heteroatoms. The van der Waals surface area contributed by atoms with Gasteiger partial charge in [0.25, 0.3) is 0 Å². The summed E-state index contributed by atoms with van der Waals surface area (Å²) in [5.74, 6) is 0.465. The number of ether oxygens (including phenoxy) is 1. The van der Waals surface area contributed by atoms with Crippen molar-refractivity contribution in [2.24, 2.45) is 0 Å². The Balaban J connectivity index is 2.06. The minimum atomic E-state index is -0.0134. The molecule has 1 fully saturated rings. The fourth-order valence-electron chi connectivity index (χ4n) is 2.01. The first-order chi connectivity index (χ1) is 7.86. The zero-order chi connectivity index (χ0) is 11.0. The Morgan fingerprint density at radius 3 is 3.12 bits per heavy atom. The second kappa shape index (κ2) is 3.71. The van der Waals surface area contributed by atoms with Gasteiger partial charge in [-0.3, -0.25) is 0 Å². The van der Waals surface area contributed by atoms with Gasteiger partial charge in [-0.1, -0.05) is 0 Å². The molecule has 1 aliphatic heterocycles. The second-order valence-corrected chi connectivity index (χ2v) is 3.91. The lowest BCUT2D eigenvalue weighted by molar-refractivity contribution is -0.0370. The molecular weight excluding hydrogens is 206 g/mol. The molecule has 1 saturated heterocycles. The Kier molecular flexibility index (Phi) is 2.21. The van der Waals surface area contributed by atoms with Crippen molar-refractivity contribution in [3.8, 4) is 0 Å². The van der Waals surface area contributed by atoms with Gasteiger partial charge in [-0.25, -0.2) is 14.6 Å². The van der Waals surface area contributed by atoms with Crippen LogP contribution in [0.1, 0.15) is 25.5 Å². The van der Waals surface area contributed by atoms with Crippen molar-refractivity contribution in [1.82, 2.24) is 19.7 Å². The summed E-state index contributed by atoms with van der Waals surface area (Å²) < 4.78 is 7.47. The molecule has 3 rings (SSSR count). The Hall–Kier alpha value is -1.69. The van der Waals surface area contributed by atoms with E-state index in [4.69, 9.17) is 10.5 Å². The first-order valence-electron chi connectivity index (χ1n) is 5.41. The Labute approximate surface area is 92.4 Å². The third-order valence-corrected chi connectivity index (χ3v) is 2.85. The summed E-state index contributed by atoms with van der Waals surface area (Å²) in [5, 5.41) is 5.08. The number of nitrogens with zero attached hydrogens (tertiary/aromatic N) is 4. The van der Waals surface area contributed by atoms with E-state index in [9.17, 15) is 0 Å². The topological polar surface area (TPSA) is 78.9 Å². The van der Waals surface area contributed by atoms with Crippen molar-refractivity contribution in [2.45, 2.75) is 25.5 Å². The molecule has 16 heavy (non-hydrogen) atoms. The molecule has 2 aromatic rings. The molecule has 0 radical (unpaired) electrons. The summed E-state index contributed by atoms with van der Waals surface area (Å²) in [7, 11) is 0. The van der Waals surface area contributed by atoms with E-state index in [1.54, 1.807) is 10.9 Å². The number of aromatic nitrogens is 4. The van der Waals surface area contributed by atoms with Crippen LogP contribution >= 0.6 is 0 Å². The van der Waals surface area contributed by atoms with Crippen LogP contribution in [0.4, 0.5) is 5.82 Å². The summed E-state index contributed by atoms with van der Waals surface area (Å²) in [6.45, 7) is 0.784. The van der Waals surface area contributed by atoms with Gasteiger partial charge in [-0.15, -0.1) is 0 Å². The molecule has 0 bridgehead atoms. The van der Waals surface area contributed by atoms with Crippen LogP contribution in [0, 0.1) is 0 Å². The molecule has 0 aliphatic carbocycles. The standard InChI is InChI=1S/C10H13N5O/c11-9-7-5-14-15(10(7)13-6-12-9)8-3-1-2-4-16-8/h5-6,8H,1-4H2,(H2,11,12,13). The first-order valence-corrected chi connectivity index (χ1v) is 5.41. The number of fused-ring (bicyclic) bond motifs is 1. The van der Waals surface area contributed by atoms with Crippen LogP contribution in [-0.2, 0) is 4.74 Å². The van der Waals surface area contributed by atoms with Crippen molar-refractivity contribution in [3.05, 3.63) is 12.5 Å². The van der Waals surface area contributed by atoms with Crippen LogP contribution in [0.25, 0.3) is 11.0 Å². The van der Waals surface area contributed by atoms with E-state index in [1.165, 1.54) is 6.33 Å². The lowest BCUT2D eigenvalue weighted by Crippen LogP contribution is -2.19. The molecule has 0 amide bonds. The predicted molar refractivity (Wildman–Crippen MR) is 58.6 cm³/mol. The molecule has 6 nitrogen and oxygen atoms in total. The van der Waals surface area contributed by atoms with Gasteiger partial charge in [-0.2, -0.15) is 5.10 Å². The number of hydrogen-bond donors (Lipinski definition) is 1. The molecule has 84 valence electrons. The molecule has 0 spiro atoms. The van der Waals surface area contributed by atoms with Crippen LogP contribution in [0.5, 0.6) is 0 Å². The maximum absolute atomic E-state index is 5.75. The highest BCUT2D eigenvalue weighted by atomic mass is 16.5. The lowest BCUT2D eigenvalue weighted by Gasteiger charge is -2.22. The monoisotopic (exact) mass is 219 g/mol. The van der Waals surface area contributed by atoms with E-state index in [1.807, 2.05) is 0 Å². The molecule has 2 aromatic heterocycles. The van der Waals surface area contributed by atoms with E-state index >= 15 is 0 Å². The number of nitrogen functional groups attached to an aromatic ring is 1. The minimum Gasteiger partial charge on any atom is -0.383 e. The van der Waals surface area contributed by atoms with Crippen LogP contribution in [0.3, 0.4) is 0 Å². The maximum atomic E-state index is 5.75. The number of anilines is 1. The summed E-state index contributed by atoms with van der Waals surface area (Å²) in [6.07, 6.45) is 6.39. The van der Waals surface area contributed by atoms with Gasteiger partial charge in [0.1, 0.15) is 12.1 Å². The summed E-state index contributed by atoms with van der Waals surface area (Å²) in [4.78, 5) is 8.14. The van der Waals surface area contributed by atoms with Gasteiger partial charge in [0, 0.05) is 6.61 Å². The number of nitrogens with two attached hydrogens (primary N) is 1. The molecule has 3 heterocycles. The second-order valence-electron chi connectivity index (χ2n) is 3.91. The Morgan fingerprint density at radius 1 is 1.38 bits per heavy atom. The van der Waals surface area contributed by atoms with Crippen molar-refractivity contribution in [3.63, 3.8) is 0 Å². The third-order valence-electron chi connectivity index (χ3n) is 2.85. The fourth-order valence-corrected chi connectivity index (χ4v) is 2.01. The number of hydrogen-bond acceptors (Lipinski definition) is 5. The zero-order valence-electron chi connectivity index (χ0n) is 8.83. The Bertz CT molecular complexity index is 503. The van der Waals surface area contributed by atoms with Gasteiger partial charge in [0.15, 0.2) is 11.9 Å². The molecule has 0 saturated carbocycles. The molecule has 2 N–H and O–H groups in total. The van der Waals surface area contributed by atoms with Crippen LogP contribution in [0.15, 0.2) is 12.5 Å². The SMILES string of the molecule is Nc1ncnc2c1cnn2C1CCCCO1. The maximum Gasteiger partial charge on any atom is 0.165 e. The van der Waals surface area contributed by atoms with E-state index in [0.717, 1.165) is 36.9 Å². The summed E-state index contributed by atoms with van der Waals surface area (Å²) >= 11 is 0. The average Bonchev–Trinajstić information content (AvgIpc) is 2.75. The van der Waals surface area contributed by atoms with Crippen molar-refractivity contribution < 1.29 is 4.74 Å². The first kappa shape index (κ1) is 9.53. The summed E-state index contributed by atoms with van der Waals surface area (Å²) in [5.41, 5.74) is 6.50. The highest BCUT2D eigenvalue weighted by Gasteiger charge is 2.19. The highest BCUT2D eigenvalue weighted by molar-refractivity contribution is 5.84. The fraction of sp³-hybridized carbons (Fsp3) is 0.500. The van der Waals surface area contributed by atoms with Gasteiger partial charge in [0.05, 0.1) is 11.6 Å². The van der Waals surface area contributed by atoms with Crippen molar-refractivity contribution >= 4 is 16.9 Å². The largest absolute Gasteiger partial charge is 0.383 e. The highest BCUT2D eigenvalue weighted by Crippen LogP contribution is 2.26. The quantitative estimate of drug-likeness (QED) is 0.777. The van der Waals surface area contributed by atoms with Crippen LogP contribution < -0.4 is 5.73 Å². The van der Waals surface area contributed by atoms with Gasteiger partial charge < -0.3 is 10.5 Å². The lowest BCUT2D eigenvalue weighted by atomic mass is 10.2. The van der Waals surface area contributed by atoms with Gasteiger partial charge in [0.2, 0.25) is 0 Å². The zero-order valence-corrected chi connectivity index (χ0v) is 8.83. The minimum absolute atomic E-state index is 0.0134. The van der Waals surface area contributed by atoms with Crippen LogP contribution in [0.2, 0.25) is 0 Å². The third kappa shape index (κ3) is 1.42. The van der Waals surface area contributed by atoms with Crippen molar-refractivity contribution in [1.29, 1.82) is 0 Å². The van der Waals surface area contributed by atoms with E-state index in [0.29, 0.717) is 5.82 Å². The molecule has 1 aliphatic rings. The molecule has 0 aromatic carbocycles. The molecule has 1 unspecified atom stereocenters. The van der Waals surface area contributed by atoms with E-state index in [-0.39, 0.29) is 6.23 Å². The summed E-state index contributed by atoms with van der Waals surface area (Å²) in [6, 6.07) is 0. The van der Waals surface area contributed by atoms with E-state index in [2.05, 4.69) is 15.1 Å². The average molecular weight is 219 g/mol. The number of rotatable bonds is 1. The van der Waals surface area contributed by atoms with Gasteiger partial charge in [-0.05, 0) is 19.3 Å². The molecular formula is C10H13N5O. The van der Waals surface area contributed by atoms with Crippen molar-refractivity contribution in [2.75, 3.05) is 12.3 Å². The predicted octanol–water partition coefficient (Wildman–Crippen LogP) is 1.11. The van der Waals surface area contributed by atoms with Crippen LogP contribution in [-0.4, -0.2) is 26.4 Å². The smallest absolute Gasteiger partial charge is 0.165 e. The molecule has 1 atom stereocenters. The van der Waals surface area contributed by atoms with E-state index < -0.39 is 0 Å². The van der Waals surface area contributed by atoms with Gasteiger partial charge >= 0.3 is 0 Å². The normalized spacial score (nSPS) is 21.4.